The monoisotopic (exact) mass is 228 g/mol. The number of rotatable bonds is 2. The van der Waals surface area contributed by atoms with Crippen LogP contribution in [0.3, 0.4) is 0 Å². The SMILES string of the molecule is CN(Cc1cccc2cccnc12)C(C)(C)C. The minimum atomic E-state index is 0.178. The molecule has 17 heavy (non-hydrogen) atoms. The second-order valence-electron chi connectivity index (χ2n) is 5.52. The highest BCUT2D eigenvalue weighted by atomic mass is 15.2. The molecular formula is C15H20N2. The maximum absolute atomic E-state index is 4.49. The van der Waals surface area contributed by atoms with Crippen LogP contribution < -0.4 is 0 Å². The van der Waals surface area contributed by atoms with Gasteiger partial charge in [0.2, 0.25) is 0 Å². The minimum absolute atomic E-state index is 0.178. The van der Waals surface area contributed by atoms with Crippen molar-refractivity contribution in [2.45, 2.75) is 32.9 Å². The maximum Gasteiger partial charge on any atom is 0.0746 e. The highest BCUT2D eigenvalue weighted by molar-refractivity contribution is 5.81. The summed E-state index contributed by atoms with van der Waals surface area (Å²) in [6.45, 7) is 7.61. The summed E-state index contributed by atoms with van der Waals surface area (Å²) in [6.07, 6.45) is 1.86. The number of pyridine rings is 1. The summed E-state index contributed by atoms with van der Waals surface area (Å²) in [5.41, 5.74) is 2.59. The Bertz CT molecular complexity index is 506. The van der Waals surface area contributed by atoms with Crippen LogP contribution in [0.5, 0.6) is 0 Å². The van der Waals surface area contributed by atoms with E-state index >= 15 is 0 Å². The summed E-state index contributed by atoms with van der Waals surface area (Å²) in [7, 11) is 2.15. The van der Waals surface area contributed by atoms with Gasteiger partial charge in [0, 0.05) is 23.7 Å². The smallest absolute Gasteiger partial charge is 0.0746 e. The van der Waals surface area contributed by atoms with E-state index < -0.39 is 0 Å². The Labute approximate surface area is 103 Å². The molecule has 2 rings (SSSR count). The number of benzene rings is 1. The topological polar surface area (TPSA) is 16.1 Å². The van der Waals surface area contributed by atoms with Crippen molar-refractivity contribution in [2.24, 2.45) is 0 Å². The van der Waals surface area contributed by atoms with E-state index in [4.69, 9.17) is 0 Å². The van der Waals surface area contributed by atoms with E-state index in [1.807, 2.05) is 12.3 Å². The van der Waals surface area contributed by atoms with Crippen LogP contribution in [0.4, 0.5) is 0 Å². The minimum Gasteiger partial charge on any atom is -0.297 e. The van der Waals surface area contributed by atoms with E-state index in [1.54, 1.807) is 0 Å². The summed E-state index contributed by atoms with van der Waals surface area (Å²) in [4.78, 5) is 6.83. The van der Waals surface area contributed by atoms with Gasteiger partial charge in [-0.1, -0.05) is 24.3 Å². The van der Waals surface area contributed by atoms with Gasteiger partial charge < -0.3 is 0 Å². The molecule has 0 aliphatic rings. The molecule has 0 aliphatic carbocycles. The molecule has 0 amide bonds. The summed E-state index contributed by atoms with van der Waals surface area (Å²) in [6, 6.07) is 10.5. The van der Waals surface area contributed by atoms with Gasteiger partial charge in [-0.15, -0.1) is 0 Å². The summed E-state index contributed by atoms with van der Waals surface area (Å²) < 4.78 is 0. The molecule has 0 saturated carbocycles. The highest BCUT2D eigenvalue weighted by Gasteiger charge is 2.17. The molecular weight excluding hydrogens is 208 g/mol. The molecule has 0 saturated heterocycles. The predicted octanol–water partition coefficient (Wildman–Crippen LogP) is 3.47. The van der Waals surface area contributed by atoms with E-state index in [2.05, 4.69) is 62.0 Å². The molecule has 0 aliphatic heterocycles. The fourth-order valence-electron chi connectivity index (χ4n) is 1.79. The third-order valence-corrected chi connectivity index (χ3v) is 3.27. The van der Waals surface area contributed by atoms with Crippen LogP contribution in [-0.4, -0.2) is 22.5 Å². The van der Waals surface area contributed by atoms with Crippen molar-refractivity contribution in [1.29, 1.82) is 0 Å². The molecule has 0 fully saturated rings. The molecule has 0 unspecified atom stereocenters. The molecule has 2 heteroatoms. The van der Waals surface area contributed by atoms with Crippen molar-refractivity contribution in [2.75, 3.05) is 7.05 Å². The number of hydrogen-bond acceptors (Lipinski definition) is 2. The molecule has 90 valence electrons. The summed E-state index contributed by atoms with van der Waals surface area (Å²) in [5, 5.41) is 1.22. The van der Waals surface area contributed by atoms with Crippen LogP contribution in [0.15, 0.2) is 36.5 Å². The molecule has 0 radical (unpaired) electrons. The molecule has 0 bridgehead atoms. The lowest BCUT2D eigenvalue weighted by molar-refractivity contribution is 0.168. The first-order valence-corrected chi connectivity index (χ1v) is 6.02. The van der Waals surface area contributed by atoms with E-state index in [9.17, 15) is 0 Å². The first kappa shape index (κ1) is 12.1. The quantitative estimate of drug-likeness (QED) is 0.782. The van der Waals surface area contributed by atoms with Crippen molar-refractivity contribution < 1.29 is 0 Å². The lowest BCUT2D eigenvalue weighted by Gasteiger charge is -2.32. The van der Waals surface area contributed by atoms with E-state index in [0.717, 1.165) is 12.1 Å². The molecule has 1 aromatic carbocycles. The molecule has 1 aromatic heterocycles. The van der Waals surface area contributed by atoms with E-state index in [1.165, 1.54) is 10.9 Å². The number of para-hydroxylation sites is 1. The molecule has 0 spiro atoms. The van der Waals surface area contributed by atoms with Crippen LogP contribution >= 0.6 is 0 Å². The molecule has 1 heterocycles. The fourth-order valence-corrected chi connectivity index (χ4v) is 1.79. The van der Waals surface area contributed by atoms with Gasteiger partial charge in [-0.05, 0) is 39.4 Å². The zero-order valence-corrected chi connectivity index (χ0v) is 11.1. The average molecular weight is 228 g/mol. The van der Waals surface area contributed by atoms with E-state index in [0.29, 0.717) is 0 Å². The number of nitrogens with zero attached hydrogens (tertiary/aromatic N) is 2. The van der Waals surface area contributed by atoms with Crippen molar-refractivity contribution in [3.05, 3.63) is 42.1 Å². The highest BCUT2D eigenvalue weighted by Crippen LogP contribution is 2.20. The first-order chi connectivity index (χ1) is 7.98. The fraction of sp³-hybridized carbons (Fsp3) is 0.400. The van der Waals surface area contributed by atoms with Crippen LogP contribution in [0.25, 0.3) is 10.9 Å². The lowest BCUT2D eigenvalue weighted by atomic mass is 10.0. The lowest BCUT2D eigenvalue weighted by Crippen LogP contribution is -2.37. The number of aromatic nitrogens is 1. The van der Waals surface area contributed by atoms with Gasteiger partial charge in [0.1, 0.15) is 0 Å². The zero-order valence-electron chi connectivity index (χ0n) is 11.1. The maximum atomic E-state index is 4.49. The third-order valence-electron chi connectivity index (χ3n) is 3.27. The second-order valence-corrected chi connectivity index (χ2v) is 5.52. The van der Waals surface area contributed by atoms with Crippen LogP contribution in [0, 0.1) is 0 Å². The Balaban J connectivity index is 2.36. The number of hydrogen-bond donors (Lipinski definition) is 0. The standard InChI is InChI=1S/C15H20N2/c1-15(2,3)17(4)11-13-8-5-7-12-9-6-10-16-14(12)13/h5-10H,11H2,1-4H3. The summed E-state index contributed by atoms with van der Waals surface area (Å²) >= 11 is 0. The number of fused-ring (bicyclic) bond motifs is 1. The molecule has 0 atom stereocenters. The second kappa shape index (κ2) is 4.46. The Morgan fingerprint density at radius 3 is 2.53 bits per heavy atom. The molecule has 2 aromatic rings. The van der Waals surface area contributed by atoms with Crippen molar-refractivity contribution in [3.8, 4) is 0 Å². The first-order valence-electron chi connectivity index (χ1n) is 6.02. The molecule has 0 N–H and O–H groups in total. The van der Waals surface area contributed by atoms with Crippen molar-refractivity contribution in [3.63, 3.8) is 0 Å². The van der Waals surface area contributed by atoms with Crippen LogP contribution in [0.1, 0.15) is 26.3 Å². The normalized spacial score (nSPS) is 12.3. The largest absolute Gasteiger partial charge is 0.297 e. The summed E-state index contributed by atoms with van der Waals surface area (Å²) in [5.74, 6) is 0. The predicted molar refractivity (Wildman–Crippen MR) is 73.0 cm³/mol. The van der Waals surface area contributed by atoms with Crippen LogP contribution in [-0.2, 0) is 6.54 Å². The van der Waals surface area contributed by atoms with Gasteiger partial charge in [0.05, 0.1) is 5.52 Å². The zero-order chi connectivity index (χ0) is 12.5. The van der Waals surface area contributed by atoms with Gasteiger partial charge in [-0.25, -0.2) is 0 Å². The van der Waals surface area contributed by atoms with Gasteiger partial charge in [0.25, 0.3) is 0 Å². The van der Waals surface area contributed by atoms with Gasteiger partial charge in [-0.3, -0.25) is 9.88 Å². The van der Waals surface area contributed by atoms with Gasteiger partial charge in [0.15, 0.2) is 0 Å². The Morgan fingerprint density at radius 1 is 1.12 bits per heavy atom. The third kappa shape index (κ3) is 2.64. The average Bonchev–Trinajstić information content (AvgIpc) is 2.28. The van der Waals surface area contributed by atoms with Crippen molar-refractivity contribution >= 4 is 10.9 Å². The van der Waals surface area contributed by atoms with E-state index in [-0.39, 0.29) is 5.54 Å². The Morgan fingerprint density at radius 2 is 1.82 bits per heavy atom. The van der Waals surface area contributed by atoms with Crippen LogP contribution in [0.2, 0.25) is 0 Å². The van der Waals surface area contributed by atoms with Gasteiger partial charge >= 0.3 is 0 Å². The molecule has 2 nitrogen and oxygen atoms in total. The van der Waals surface area contributed by atoms with Crippen molar-refractivity contribution in [1.82, 2.24) is 9.88 Å². The van der Waals surface area contributed by atoms with Gasteiger partial charge in [-0.2, -0.15) is 0 Å². The Kier molecular flexibility index (Phi) is 3.16. The Hall–Kier alpha value is -1.41.